The second kappa shape index (κ2) is 7.31. The van der Waals surface area contributed by atoms with Gasteiger partial charge in [0.25, 0.3) is 5.91 Å². The van der Waals surface area contributed by atoms with Gasteiger partial charge in [-0.05, 0) is 25.8 Å². The Labute approximate surface area is 176 Å². The highest BCUT2D eigenvalue weighted by atomic mass is 35.5. The molecule has 0 saturated carbocycles. The number of hydrogen-bond donors (Lipinski definition) is 2. The number of pyridine rings is 1. The third-order valence-electron chi connectivity index (χ3n) is 4.93. The van der Waals surface area contributed by atoms with E-state index in [-0.39, 0.29) is 40.2 Å². The van der Waals surface area contributed by atoms with Gasteiger partial charge in [-0.25, -0.2) is 18.1 Å². The molecule has 2 N–H and O–H groups in total. The Kier molecular flexibility index (Phi) is 5.06. The molecule has 2 aromatic rings. The molecule has 30 heavy (non-hydrogen) atoms. The van der Waals surface area contributed by atoms with Gasteiger partial charge in [0.15, 0.2) is 0 Å². The Balaban J connectivity index is 1.72. The zero-order valence-electron chi connectivity index (χ0n) is 15.8. The van der Waals surface area contributed by atoms with Crippen molar-refractivity contribution in [3.63, 3.8) is 0 Å². The summed E-state index contributed by atoms with van der Waals surface area (Å²) in [6.45, 7) is 2.61. The van der Waals surface area contributed by atoms with Crippen LogP contribution in [0.5, 0.6) is 0 Å². The first kappa shape index (κ1) is 20.7. The smallest absolute Gasteiger partial charge is 0.273 e. The Morgan fingerprint density at radius 1 is 1.43 bits per heavy atom. The summed E-state index contributed by atoms with van der Waals surface area (Å²) >= 11 is 6.40. The molecule has 2 aromatic heterocycles. The zero-order valence-corrected chi connectivity index (χ0v) is 17.4. The number of carbonyl (C=O) groups is 1. The maximum atomic E-state index is 13.6. The van der Waals surface area contributed by atoms with Crippen LogP contribution in [-0.4, -0.2) is 42.6 Å². The fraction of sp³-hybridized carbons (Fsp3) is 0.389. The zero-order chi connectivity index (χ0) is 21.7. The van der Waals surface area contributed by atoms with E-state index in [1.165, 1.54) is 6.07 Å². The van der Waals surface area contributed by atoms with Crippen LogP contribution in [0.25, 0.3) is 0 Å². The number of fused-ring (bicyclic) bond motifs is 1. The molecule has 0 bridgehead atoms. The maximum absolute atomic E-state index is 13.6. The molecule has 0 aromatic carbocycles. The van der Waals surface area contributed by atoms with Crippen molar-refractivity contribution >= 4 is 33.2 Å². The lowest BCUT2D eigenvalue weighted by Gasteiger charge is -2.38. The van der Waals surface area contributed by atoms with Gasteiger partial charge >= 0.3 is 0 Å². The number of halogens is 2. The molecule has 0 unspecified atom stereocenters. The van der Waals surface area contributed by atoms with Gasteiger partial charge < -0.3 is 14.6 Å². The van der Waals surface area contributed by atoms with Gasteiger partial charge in [0, 0.05) is 24.0 Å². The van der Waals surface area contributed by atoms with Crippen molar-refractivity contribution < 1.29 is 22.3 Å². The molecule has 1 saturated heterocycles. The van der Waals surface area contributed by atoms with E-state index in [1.54, 1.807) is 17.6 Å². The lowest BCUT2D eigenvalue weighted by Crippen LogP contribution is -2.59. The number of anilines is 1. The number of nitrogens with zero attached hydrogens (tertiary/aromatic N) is 3. The van der Waals surface area contributed by atoms with E-state index in [2.05, 4.69) is 15.0 Å². The molecule has 0 spiro atoms. The number of rotatable bonds is 5. The van der Waals surface area contributed by atoms with Gasteiger partial charge in [-0.3, -0.25) is 4.79 Å². The van der Waals surface area contributed by atoms with Gasteiger partial charge in [0.1, 0.15) is 22.4 Å². The fourth-order valence-corrected chi connectivity index (χ4v) is 5.99. The Bertz CT molecular complexity index is 1200. The highest BCUT2D eigenvalue weighted by Crippen LogP contribution is 2.37. The van der Waals surface area contributed by atoms with Gasteiger partial charge in [0.05, 0.1) is 23.8 Å². The summed E-state index contributed by atoms with van der Waals surface area (Å²) in [5, 5.41) is 11.2. The molecule has 158 valence electrons. The molecule has 0 atom stereocenters. The van der Waals surface area contributed by atoms with Gasteiger partial charge in [-0.1, -0.05) is 11.6 Å². The number of amides is 1. The number of nitrogens with one attached hydrogen (secondary N) is 2. The molecule has 1 amide bonds. The van der Waals surface area contributed by atoms with Crippen molar-refractivity contribution in [3.8, 4) is 6.07 Å². The number of aromatic nitrogens is 2. The Hall–Kier alpha value is -2.52. The van der Waals surface area contributed by atoms with E-state index in [1.807, 2.05) is 0 Å². The lowest BCUT2D eigenvalue weighted by molar-refractivity contribution is -0.0523. The van der Waals surface area contributed by atoms with Crippen molar-refractivity contribution in [2.24, 2.45) is 0 Å². The van der Waals surface area contributed by atoms with Crippen LogP contribution in [0.2, 0.25) is 5.02 Å². The minimum absolute atomic E-state index is 0.00956. The van der Waals surface area contributed by atoms with E-state index in [0.29, 0.717) is 25.1 Å². The van der Waals surface area contributed by atoms with E-state index in [0.717, 1.165) is 6.07 Å². The monoisotopic (exact) mass is 453 g/mol. The Morgan fingerprint density at radius 3 is 2.80 bits per heavy atom. The van der Waals surface area contributed by atoms with Crippen molar-refractivity contribution in [2.45, 2.75) is 36.7 Å². The van der Waals surface area contributed by atoms with Crippen LogP contribution >= 0.6 is 11.6 Å². The van der Waals surface area contributed by atoms with Crippen LogP contribution in [0.3, 0.4) is 0 Å². The Morgan fingerprint density at radius 2 is 2.17 bits per heavy atom. The van der Waals surface area contributed by atoms with Crippen molar-refractivity contribution in [2.75, 3.05) is 18.5 Å². The quantitative estimate of drug-likeness (QED) is 0.665. The molecule has 2 aliphatic rings. The fourth-order valence-electron chi connectivity index (χ4n) is 3.66. The van der Waals surface area contributed by atoms with Crippen LogP contribution in [0, 0.1) is 17.3 Å². The summed E-state index contributed by atoms with van der Waals surface area (Å²) in [6.07, 6.45) is 1.09. The average molecular weight is 454 g/mol. The van der Waals surface area contributed by atoms with E-state index < -0.39 is 27.4 Å². The summed E-state index contributed by atoms with van der Waals surface area (Å²) in [4.78, 5) is 16.2. The van der Waals surface area contributed by atoms with Crippen LogP contribution in [0.4, 0.5) is 10.1 Å². The summed E-state index contributed by atoms with van der Waals surface area (Å²) in [6, 6.07) is 3.86. The standard InChI is InChI=1S/C18H17ClFN5O4S/c1-18(8-29-9-18)24-30(27,28)16-12-3-2-4-25(12)15(14(16)19)17(26)23-10-5-11(7-21)22-13(20)6-10/h5-6,24H,2-4,8-9H2,1H3,(H,22,23,26). The third kappa shape index (κ3) is 3.56. The van der Waals surface area contributed by atoms with Crippen LogP contribution in [-0.2, 0) is 27.7 Å². The summed E-state index contributed by atoms with van der Waals surface area (Å²) < 4.78 is 48.9. The summed E-state index contributed by atoms with van der Waals surface area (Å²) in [7, 11) is -4.01. The van der Waals surface area contributed by atoms with Gasteiger partial charge in [0.2, 0.25) is 16.0 Å². The topological polar surface area (TPSA) is 126 Å². The highest BCUT2D eigenvalue weighted by molar-refractivity contribution is 7.89. The average Bonchev–Trinajstić information content (AvgIpc) is 3.18. The molecule has 4 rings (SSSR count). The van der Waals surface area contributed by atoms with Crippen molar-refractivity contribution in [1.29, 1.82) is 5.26 Å². The minimum Gasteiger partial charge on any atom is -0.377 e. The highest BCUT2D eigenvalue weighted by Gasteiger charge is 2.42. The first-order valence-corrected chi connectivity index (χ1v) is 10.9. The minimum atomic E-state index is -4.01. The molecular weight excluding hydrogens is 437 g/mol. The molecule has 0 radical (unpaired) electrons. The van der Waals surface area contributed by atoms with Gasteiger partial charge in [-0.2, -0.15) is 9.65 Å². The van der Waals surface area contributed by atoms with Crippen molar-refractivity contribution in [1.82, 2.24) is 14.3 Å². The van der Waals surface area contributed by atoms with E-state index >= 15 is 0 Å². The summed E-state index contributed by atoms with van der Waals surface area (Å²) in [5.74, 6) is -1.64. The predicted molar refractivity (Wildman–Crippen MR) is 104 cm³/mol. The largest absolute Gasteiger partial charge is 0.377 e. The molecule has 2 aliphatic heterocycles. The molecular formula is C18H17ClFN5O4S. The van der Waals surface area contributed by atoms with Crippen LogP contribution < -0.4 is 10.0 Å². The number of nitriles is 1. The van der Waals surface area contributed by atoms with Crippen LogP contribution in [0.1, 0.15) is 35.2 Å². The van der Waals surface area contributed by atoms with E-state index in [9.17, 15) is 17.6 Å². The number of sulfonamides is 1. The second-order valence-electron chi connectivity index (χ2n) is 7.48. The lowest BCUT2D eigenvalue weighted by atomic mass is 10.0. The first-order valence-electron chi connectivity index (χ1n) is 9.05. The number of carbonyl (C=O) groups excluding carboxylic acids is 1. The molecule has 4 heterocycles. The molecule has 9 nitrogen and oxygen atoms in total. The number of hydrogen-bond acceptors (Lipinski definition) is 6. The van der Waals surface area contributed by atoms with E-state index in [4.69, 9.17) is 21.6 Å². The molecule has 12 heteroatoms. The maximum Gasteiger partial charge on any atom is 0.273 e. The molecule has 0 aliphatic carbocycles. The van der Waals surface area contributed by atoms with Gasteiger partial charge in [-0.15, -0.1) is 0 Å². The number of ether oxygens (including phenoxy) is 1. The third-order valence-corrected chi connectivity index (χ3v) is 7.15. The predicted octanol–water partition coefficient (Wildman–Crippen LogP) is 1.81. The SMILES string of the molecule is CC1(NS(=O)(=O)c2c(Cl)c(C(=O)Nc3cc(F)nc(C#N)c3)n3c2CCC3)COC1. The second-order valence-corrected chi connectivity index (χ2v) is 9.48. The van der Waals surface area contributed by atoms with Crippen molar-refractivity contribution in [3.05, 3.63) is 40.2 Å². The first-order chi connectivity index (χ1) is 14.1. The molecule has 1 fully saturated rings. The summed E-state index contributed by atoms with van der Waals surface area (Å²) in [5.41, 5.74) is -0.522. The normalized spacial score (nSPS) is 17.1. The van der Waals surface area contributed by atoms with Crippen LogP contribution in [0.15, 0.2) is 17.0 Å².